The van der Waals surface area contributed by atoms with Crippen LogP contribution in [0.25, 0.3) is 0 Å². The molecular weight excluding hydrogens is 259 g/mol. The number of rotatable bonds is 3. The normalized spacial score (nSPS) is 9.79. The zero-order valence-electron chi connectivity index (χ0n) is 10.3. The molecule has 2 rings (SSSR count). The van der Waals surface area contributed by atoms with Crippen LogP contribution in [0.15, 0.2) is 47.6 Å². The van der Waals surface area contributed by atoms with Crippen molar-refractivity contribution in [3.05, 3.63) is 59.7 Å². The average molecular weight is 272 g/mol. The molecule has 0 radical (unpaired) electrons. The van der Waals surface area contributed by atoms with Gasteiger partial charge >= 0.3 is 0 Å². The first kappa shape index (κ1) is 13.6. The number of benzene rings is 1. The number of halogens is 1. The number of hydrogen-bond donors (Lipinski definition) is 1. The van der Waals surface area contributed by atoms with Gasteiger partial charge in [0.05, 0.1) is 6.54 Å². The van der Waals surface area contributed by atoms with Crippen molar-refractivity contribution in [2.75, 3.05) is 6.54 Å². The summed E-state index contributed by atoms with van der Waals surface area (Å²) in [6.07, 6.45) is 3.50. The Morgan fingerprint density at radius 2 is 2.00 bits per heavy atom. The first-order chi connectivity index (χ1) is 9.29. The number of nitrogens with zero attached hydrogens (tertiary/aromatic N) is 1. The maximum absolute atomic E-state index is 13.2. The Hall–Kier alpha value is -1.83. The smallest absolute Gasteiger partial charge is 0.124 e. The van der Waals surface area contributed by atoms with Gasteiger partial charge in [-0.25, -0.2) is 4.39 Å². The molecule has 0 saturated heterocycles. The van der Waals surface area contributed by atoms with Crippen LogP contribution in [0, 0.1) is 17.7 Å². The maximum atomic E-state index is 13.2. The summed E-state index contributed by atoms with van der Waals surface area (Å²) in [6, 6.07) is 8.56. The molecule has 0 unspecified atom stereocenters. The van der Waals surface area contributed by atoms with Gasteiger partial charge in [0.15, 0.2) is 0 Å². The van der Waals surface area contributed by atoms with E-state index in [0.29, 0.717) is 5.56 Å². The molecular formula is C15H13FN2S. The number of pyridine rings is 1. The Morgan fingerprint density at radius 1 is 1.21 bits per heavy atom. The molecule has 4 heteroatoms. The summed E-state index contributed by atoms with van der Waals surface area (Å²) in [4.78, 5) is 5.09. The van der Waals surface area contributed by atoms with Gasteiger partial charge in [-0.3, -0.25) is 4.98 Å². The van der Waals surface area contributed by atoms with Crippen LogP contribution >= 0.6 is 11.8 Å². The van der Waals surface area contributed by atoms with Crippen molar-refractivity contribution in [3.63, 3.8) is 0 Å². The Bertz CT molecular complexity index is 603. The topological polar surface area (TPSA) is 38.9 Å². The summed E-state index contributed by atoms with van der Waals surface area (Å²) < 4.78 is 13.2. The fraction of sp³-hybridized carbons (Fsp3) is 0.133. The summed E-state index contributed by atoms with van der Waals surface area (Å²) in [5.41, 5.74) is 7.05. The second kappa shape index (κ2) is 6.93. The van der Waals surface area contributed by atoms with Crippen molar-refractivity contribution in [1.29, 1.82) is 0 Å². The van der Waals surface area contributed by atoms with Crippen LogP contribution in [0.4, 0.5) is 4.39 Å². The van der Waals surface area contributed by atoms with Gasteiger partial charge in [-0.2, -0.15) is 0 Å². The molecule has 0 bridgehead atoms. The second-order valence-corrected chi connectivity index (χ2v) is 4.83. The fourth-order valence-corrected chi connectivity index (χ4v) is 2.42. The molecule has 0 fully saturated rings. The first-order valence-electron chi connectivity index (χ1n) is 5.80. The third-order valence-corrected chi connectivity index (χ3v) is 3.50. The number of aromatic nitrogens is 1. The van der Waals surface area contributed by atoms with Crippen LogP contribution in [0.5, 0.6) is 0 Å². The molecule has 0 atom stereocenters. The molecule has 2 aromatic rings. The van der Waals surface area contributed by atoms with Crippen LogP contribution < -0.4 is 5.73 Å². The highest BCUT2D eigenvalue weighted by atomic mass is 32.2. The highest BCUT2D eigenvalue weighted by Gasteiger charge is 2.03. The lowest BCUT2D eigenvalue weighted by Crippen LogP contribution is -1.95. The number of hydrogen-bond acceptors (Lipinski definition) is 3. The Labute approximate surface area is 116 Å². The largest absolute Gasteiger partial charge is 0.320 e. The summed E-state index contributed by atoms with van der Waals surface area (Å²) >= 11 is 1.67. The van der Waals surface area contributed by atoms with E-state index in [0.717, 1.165) is 16.2 Å². The first-order valence-corrected chi connectivity index (χ1v) is 6.78. The summed E-state index contributed by atoms with van der Waals surface area (Å²) in [7, 11) is 0. The quantitative estimate of drug-likeness (QED) is 0.690. The van der Waals surface area contributed by atoms with Gasteiger partial charge in [-0.15, -0.1) is 11.8 Å². The van der Waals surface area contributed by atoms with E-state index >= 15 is 0 Å². The summed E-state index contributed by atoms with van der Waals surface area (Å²) in [5.74, 6) is 6.13. The van der Waals surface area contributed by atoms with E-state index in [-0.39, 0.29) is 12.4 Å². The van der Waals surface area contributed by atoms with E-state index in [2.05, 4.69) is 16.8 Å². The highest BCUT2D eigenvalue weighted by Crippen LogP contribution is 2.24. The molecule has 0 saturated carbocycles. The minimum absolute atomic E-state index is 0.271. The summed E-state index contributed by atoms with van der Waals surface area (Å²) in [6.45, 7) is 0.271. The van der Waals surface area contributed by atoms with Gasteiger partial charge < -0.3 is 5.73 Å². The maximum Gasteiger partial charge on any atom is 0.124 e. The third-order valence-electron chi connectivity index (χ3n) is 2.44. The highest BCUT2D eigenvalue weighted by molar-refractivity contribution is 7.98. The third kappa shape index (κ3) is 4.09. The van der Waals surface area contributed by atoms with Crippen molar-refractivity contribution in [3.8, 4) is 11.8 Å². The van der Waals surface area contributed by atoms with Gasteiger partial charge in [0.25, 0.3) is 0 Å². The van der Waals surface area contributed by atoms with Crippen molar-refractivity contribution in [2.24, 2.45) is 5.73 Å². The molecule has 0 amide bonds. The lowest BCUT2D eigenvalue weighted by molar-refractivity contribution is 0.627. The minimum atomic E-state index is -0.279. The second-order valence-electron chi connectivity index (χ2n) is 3.78. The van der Waals surface area contributed by atoms with Gasteiger partial charge in [-0.1, -0.05) is 17.9 Å². The molecule has 96 valence electrons. The van der Waals surface area contributed by atoms with E-state index in [1.54, 1.807) is 30.2 Å². The Kier molecular flexibility index (Phi) is 4.96. The average Bonchev–Trinajstić information content (AvgIpc) is 2.45. The zero-order chi connectivity index (χ0) is 13.5. The van der Waals surface area contributed by atoms with Gasteiger partial charge in [0, 0.05) is 28.6 Å². The Morgan fingerprint density at radius 3 is 2.74 bits per heavy atom. The minimum Gasteiger partial charge on any atom is -0.320 e. The molecule has 19 heavy (non-hydrogen) atoms. The molecule has 0 aliphatic carbocycles. The van der Waals surface area contributed by atoms with Crippen LogP contribution in [-0.2, 0) is 5.75 Å². The zero-order valence-corrected chi connectivity index (χ0v) is 11.1. The number of nitrogens with two attached hydrogens (primary N) is 1. The van der Waals surface area contributed by atoms with E-state index < -0.39 is 0 Å². The Balaban J connectivity index is 2.15. The van der Waals surface area contributed by atoms with Crippen LogP contribution in [0.3, 0.4) is 0 Å². The summed E-state index contributed by atoms with van der Waals surface area (Å²) in [5, 5.41) is 0. The van der Waals surface area contributed by atoms with E-state index in [1.165, 1.54) is 12.1 Å². The molecule has 0 aliphatic heterocycles. The van der Waals surface area contributed by atoms with Crippen molar-refractivity contribution >= 4 is 11.8 Å². The van der Waals surface area contributed by atoms with E-state index in [4.69, 9.17) is 5.73 Å². The molecule has 1 heterocycles. The predicted molar refractivity (Wildman–Crippen MR) is 76.1 cm³/mol. The van der Waals surface area contributed by atoms with E-state index in [1.807, 2.05) is 12.1 Å². The standard InChI is InChI=1S/C15H13FN2S/c16-14-4-3-13(12(10-14)2-1-7-17)11-19-15-5-8-18-9-6-15/h3-6,8-10H,7,11,17H2. The number of thioether (sulfide) groups is 1. The van der Waals surface area contributed by atoms with E-state index in [9.17, 15) is 4.39 Å². The van der Waals surface area contributed by atoms with Crippen molar-refractivity contribution < 1.29 is 4.39 Å². The van der Waals surface area contributed by atoms with Crippen LogP contribution in [0.1, 0.15) is 11.1 Å². The monoisotopic (exact) mass is 272 g/mol. The molecule has 2 N–H and O–H groups in total. The van der Waals surface area contributed by atoms with Crippen molar-refractivity contribution in [1.82, 2.24) is 4.98 Å². The molecule has 1 aromatic carbocycles. The SMILES string of the molecule is NCC#Cc1cc(F)ccc1CSc1ccncc1. The van der Waals surface area contributed by atoms with Gasteiger partial charge in [-0.05, 0) is 29.8 Å². The predicted octanol–water partition coefficient (Wildman–Crippen LogP) is 2.82. The van der Waals surface area contributed by atoms with Crippen LogP contribution in [-0.4, -0.2) is 11.5 Å². The van der Waals surface area contributed by atoms with Gasteiger partial charge in [0.2, 0.25) is 0 Å². The molecule has 2 nitrogen and oxygen atoms in total. The van der Waals surface area contributed by atoms with Crippen molar-refractivity contribution in [2.45, 2.75) is 10.6 Å². The molecule has 1 aromatic heterocycles. The molecule has 0 spiro atoms. The molecule has 0 aliphatic rings. The van der Waals surface area contributed by atoms with Crippen LogP contribution in [0.2, 0.25) is 0 Å². The van der Waals surface area contributed by atoms with Gasteiger partial charge in [0.1, 0.15) is 5.82 Å². The lowest BCUT2D eigenvalue weighted by atomic mass is 10.1. The lowest BCUT2D eigenvalue weighted by Gasteiger charge is -2.05. The fourth-order valence-electron chi connectivity index (χ4n) is 1.53.